The average molecular weight is 570 g/mol. The van der Waals surface area contributed by atoms with E-state index in [0.717, 1.165) is 28.3 Å². The lowest BCUT2D eigenvalue weighted by atomic mass is 10.1. The first-order valence-electron chi connectivity index (χ1n) is 13.0. The summed E-state index contributed by atoms with van der Waals surface area (Å²) in [6, 6.07) is 19.7. The first-order valence-corrected chi connectivity index (χ1v) is 14.8. The molecule has 39 heavy (non-hydrogen) atoms. The highest BCUT2D eigenvalue weighted by atomic mass is 35.5. The Morgan fingerprint density at radius 3 is 2.33 bits per heavy atom. The van der Waals surface area contributed by atoms with E-state index in [1.54, 1.807) is 50.2 Å². The normalized spacial score (nSPS) is 12.0. The zero-order chi connectivity index (χ0) is 28.6. The maximum absolute atomic E-state index is 14.0. The summed E-state index contributed by atoms with van der Waals surface area (Å²) >= 11 is 6.15. The molecule has 0 aliphatic carbocycles. The third-order valence-corrected chi connectivity index (χ3v) is 8.48. The molecule has 3 aromatic rings. The van der Waals surface area contributed by atoms with Crippen LogP contribution in [0.3, 0.4) is 0 Å². The molecule has 1 N–H and O–H groups in total. The van der Waals surface area contributed by atoms with Gasteiger partial charge in [-0.15, -0.1) is 0 Å². The van der Waals surface area contributed by atoms with Gasteiger partial charge in [-0.25, -0.2) is 8.42 Å². The smallest absolute Gasteiger partial charge is 0.264 e. The Bertz CT molecular complexity index is 1400. The molecule has 0 saturated heterocycles. The monoisotopic (exact) mass is 569 g/mol. The van der Waals surface area contributed by atoms with Crippen molar-refractivity contribution in [2.75, 3.05) is 17.4 Å². The molecule has 0 radical (unpaired) electrons. The summed E-state index contributed by atoms with van der Waals surface area (Å²) in [5, 5.41) is 3.35. The van der Waals surface area contributed by atoms with E-state index in [1.165, 1.54) is 17.0 Å². The summed E-state index contributed by atoms with van der Waals surface area (Å²) in [6.07, 6.45) is 1.75. The molecule has 3 rings (SSSR count). The van der Waals surface area contributed by atoms with E-state index in [2.05, 4.69) is 5.32 Å². The number of rotatable bonds is 12. The minimum absolute atomic E-state index is 0.0581. The van der Waals surface area contributed by atoms with Gasteiger partial charge in [-0.1, -0.05) is 73.0 Å². The molecular weight excluding hydrogens is 534 g/mol. The zero-order valence-electron chi connectivity index (χ0n) is 22.9. The van der Waals surface area contributed by atoms with Crippen molar-refractivity contribution < 1.29 is 18.0 Å². The van der Waals surface area contributed by atoms with Crippen molar-refractivity contribution in [2.24, 2.45) is 0 Å². The molecule has 0 aromatic heterocycles. The van der Waals surface area contributed by atoms with Gasteiger partial charge in [-0.05, 0) is 68.7 Å². The van der Waals surface area contributed by atoms with Crippen LogP contribution >= 0.6 is 11.6 Å². The van der Waals surface area contributed by atoms with Crippen LogP contribution in [-0.4, -0.2) is 44.3 Å². The number of anilines is 1. The molecule has 7 nitrogen and oxygen atoms in total. The second kappa shape index (κ2) is 13.6. The molecule has 0 spiro atoms. The molecule has 0 aliphatic heterocycles. The van der Waals surface area contributed by atoms with Gasteiger partial charge in [0.1, 0.15) is 12.6 Å². The Balaban J connectivity index is 2.02. The average Bonchev–Trinajstić information content (AvgIpc) is 2.91. The lowest BCUT2D eigenvalue weighted by molar-refractivity contribution is -0.139. The van der Waals surface area contributed by atoms with E-state index in [9.17, 15) is 18.0 Å². The maximum atomic E-state index is 14.0. The number of carbonyl (C=O) groups excluding carboxylic acids is 2. The van der Waals surface area contributed by atoms with Crippen molar-refractivity contribution in [3.63, 3.8) is 0 Å². The van der Waals surface area contributed by atoms with Crippen LogP contribution in [0.1, 0.15) is 43.4 Å². The largest absolute Gasteiger partial charge is 0.354 e. The van der Waals surface area contributed by atoms with Crippen molar-refractivity contribution in [1.29, 1.82) is 0 Å². The molecule has 3 aromatic carbocycles. The quantitative estimate of drug-likeness (QED) is 0.292. The van der Waals surface area contributed by atoms with Crippen LogP contribution in [0.25, 0.3) is 0 Å². The van der Waals surface area contributed by atoms with E-state index in [4.69, 9.17) is 11.6 Å². The molecule has 0 fully saturated rings. The molecular formula is C30H36ClN3O4S. The highest BCUT2D eigenvalue weighted by Gasteiger charge is 2.33. The number of hydrogen-bond acceptors (Lipinski definition) is 4. The van der Waals surface area contributed by atoms with Gasteiger partial charge in [0.05, 0.1) is 10.6 Å². The molecule has 208 valence electrons. The number of nitrogens with one attached hydrogen (secondary N) is 1. The number of unbranched alkanes of at least 4 members (excludes halogenated alkanes) is 1. The first kappa shape index (κ1) is 30.2. The Labute approximate surface area is 236 Å². The third-order valence-electron chi connectivity index (χ3n) is 6.47. The number of benzene rings is 3. The fourth-order valence-corrected chi connectivity index (χ4v) is 5.98. The number of amides is 2. The number of sulfonamides is 1. The molecule has 0 unspecified atom stereocenters. The Hall–Kier alpha value is -3.36. The zero-order valence-corrected chi connectivity index (χ0v) is 24.4. The molecule has 9 heteroatoms. The van der Waals surface area contributed by atoms with Crippen LogP contribution in [-0.2, 0) is 26.2 Å². The first-order chi connectivity index (χ1) is 18.5. The van der Waals surface area contributed by atoms with E-state index < -0.39 is 28.5 Å². The number of carbonyl (C=O) groups is 2. The molecule has 1 atom stereocenters. The summed E-state index contributed by atoms with van der Waals surface area (Å²) in [6.45, 7) is 7.56. The number of hydrogen-bond donors (Lipinski definition) is 1. The van der Waals surface area contributed by atoms with E-state index in [-0.39, 0.29) is 17.3 Å². The standard InChI is InChI=1S/C30H36ClN3O4S/c1-5-6-17-32-30(36)24(4)33(20-25-12-10-11-22(2)18-25)29(35)21-34(28-16-15-26(31)19-23(28)3)39(37,38)27-13-8-7-9-14-27/h7-16,18-19,24H,5-6,17,20-21H2,1-4H3,(H,32,36)/t24-/m0/s1. The Morgan fingerprint density at radius 1 is 0.974 bits per heavy atom. The summed E-state index contributed by atoms with van der Waals surface area (Å²) < 4.78 is 28.8. The Morgan fingerprint density at radius 2 is 1.69 bits per heavy atom. The lowest BCUT2D eigenvalue weighted by Crippen LogP contribution is -2.51. The van der Waals surface area contributed by atoms with Crippen molar-refractivity contribution in [1.82, 2.24) is 10.2 Å². The fraction of sp³-hybridized carbons (Fsp3) is 0.333. The van der Waals surface area contributed by atoms with Crippen LogP contribution in [0.2, 0.25) is 5.02 Å². The van der Waals surface area contributed by atoms with E-state index in [0.29, 0.717) is 22.8 Å². The predicted octanol–water partition coefficient (Wildman–Crippen LogP) is 5.49. The van der Waals surface area contributed by atoms with Crippen LogP contribution in [0, 0.1) is 13.8 Å². The fourth-order valence-electron chi connectivity index (χ4n) is 4.26. The van der Waals surface area contributed by atoms with Crippen molar-refractivity contribution in [3.05, 3.63) is 94.5 Å². The summed E-state index contributed by atoms with van der Waals surface area (Å²) in [4.78, 5) is 28.5. The summed E-state index contributed by atoms with van der Waals surface area (Å²) in [5.74, 6) is -0.784. The number of aryl methyl sites for hydroxylation is 2. The number of nitrogens with zero attached hydrogens (tertiary/aromatic N) is 2. The van der Waals surface area contributed by atoms with Crippen molar-refractivity contribution in [3.8, 4) is 0 Å². The maximum Gasteiger partial charge on any atom is 0.264 e. The lowest BCUT2D eigenvalue weighted by Gasteiger charge is -2.32. The second-order valence-corrected chi connectivity index (χ2v) is 11.9. The van der Waals surface area contributed by atoms with Gasteiger partial charge < -0.3 is 10.2 Å². The SMILES string of the molecule is CCCCNC(=O)[C@H](C)N(Cc1cccc(C)c1)C(=O)CN(c1ccc(Cl)cc1C)S(=O)(=O)c1ccccc1. The van der Waals surface area contributed by atoms with Gasteiger partial charge >= 0.3 is 0 Å². The highest BCUT2D eigenvalue weighted by molar-refractivity contribution is 7.92. The van der Waals surface area contributed by atoms with Crippen molar-refractivity contribution in [2.45, 2.75) is 58.0 Å². The minimum Gasteiger partial charge on any atom is -0.354 e. The minimum atomic E-state index is -4.12. The highest BCUT2D eigenvalue weighted by Crippen LogP contribution is 2.29. The van der Waals surface area contributed by atoms with Crippen molar-refractivity contribution >= 4 is 39.1 Å². The van der Waals surface area contributed by atoms with Crippen LogP contribution in [0.4, 0.5) is 5.69 Å². The molecule has 0 aliphatic rings. The van der Waals surface area contributed by atoms with Gasteiger partial charge in [0.25, 0.3) is 10.0 Å². The second-order valence-electron chi connectivity index (χ2n) is 9.59. The topological polar surface area (TPSA) is 86.8 Å². The molecule has 2 amide bonds. The van der Waals surface area contributed by atoms with Gasteiger partial charge in [0.15, 0.2) is 0 Å². The summed E-state index contributed by atoms with van der Waals surface area (Å²) in [5.41, 5.74) is 2.80. The predicted molar refractivity (Wildman–Crippen MR) is 156 cm³/mol. The van der Waals surface area contributed by atoms with Gasteiger partial charge in [0.2, 0.25) is 11.8 Å². The third kappa shape index (κ3) is 7.83. The van der Waals surface area contributed by atoms with Crippen LogP contribution in [0.15, 0.2) is 77.7 Å². The van der Waals surface area contributed by atoms with Crippen LogP contribution in [0.5, 0.6) is 0 Å². The van der Waals surface area contributed by atoms with Gasteiger partial charge in [0, 0.05) is 18.1 Å². The Kier molecular flexibility index (Phi) is 10.5. The van der Waals surface area contributed by atoms with Crippen LogP contribution < -0.4 is 9.62 Å². The number of halogens is 1. The van der Waals surface area contributed by atoms with E-state index in [1.807, 2.05) is 38.1 Å². The van der Waals surface area contributed by atoms with E-state index >= 15 is 0 Å². The van der Waals surface area contributed by atoms with Gasteiger partial charge in [-0.2, -0.15) is 0 Å². The van der Waals surface area contributed by atoms with Gasteiger partial charge in [-0.3, -0.25) is 13.9 Å². The molecule has 0 bridgehead atoms. The summed E-state index contributed by atoms with van der Waals surface area (Å²) in [7, 11) is -4.12. The molecule has 0 saturated carbocycles. The molecule has 0 heterocycles.